The Morgan fingerprint density at radius 1 is 1.42 bits per heavy atom. The lowest BCUT2D eigenvalue weighted by Crippen LogP contribution is -2.53. The van der Waals surface area contributed by atoms with E-state index in [4.69, 9.17) is 4.74 Å². The van der Waals surface area contributed by atoms with Crippen LogP contribution in [0.15, 0.2) is 11.4 Å². The third kappa shape index (κ3) is 2.15. The summed E-state index contributed by atoms with van der Waals surface area (Å²) in [5.41, 5.74) is -0.0491. The van der Waals surface area contributed by atoms with E-state index in [1.54, 1.807) is 11.3 Å². The lowest BCUT2D eigenvalue weighted by atomic mass is 10.0. The number of rotatable bonds is 2. The van der Waals surface area contributed by atoms with Crippen LogP contribution in [-0.4, -0.2) is 42.3 Å². The molecule has 0 aromatic carbocycles. The van der Waals surface area contributed by atoms with Crippen molar-refractivity contribution < 1.29 is 4.74 Å². The number of thiophene rings is 1. The first-order valence-corrected chi connectivity index (χ1v) is 7.28. The first kappa shape index (κ1) is 12.6. The van der Waals surface area contributed by atoms with Crippen LogP contribution in [0.1, 0.15) is 13.8 Å². The number of aromatic nitrogens is 2. The van der Waals surface area contributed by atoms with Gasteiger partial charge in [-0.1, -0.05) is 0 Å². The average Bonchev–Trinajstić information content (AvgIpc) is 2.85. The molecule has 2 aromatic heterocycles. The van der Waals surface area contributed by atoms with Gasteiger partial charge in [0.1, 0.15) is 10.6 Å². The summed E-state index contributed by atoms with van der Waals surface area (Å²) in [5, 5.41) is 6.23. The highest BCUT2D eigenvalue weighted by atomic mass is 32.1. The highest BCUT2D eigenvalue weighted by Crippen LogP contribution is 2.33. The molecule has 0 aliphatic carbocycles. The van der Waals surface area contributed by atoms with E-state index in [0.717, 1.165) is 35.8 Å². The predicted octanol–water partition coefficient (Wildman–Crippen LogP) is 2.35. The molecule has 1 saturated heterocycles. The summed E-state index contributed by atoms with van der Waals surface area (Å²) in [5.74, 6) is 1.68. The lowest BCUT2D eigenvalue weighted by Gasteiger charge is -2.43. The summed E-state index contributed by atoms with van der Waals surface area (Å²) >= 11 is 1.65. The van der Waals surface area contributed by atoms with Gasteiger partial charge in [-0.25, -0.2) is 4.98 Å². The molecule has 1 fully saturated rings. The Balaban J connectivity index is 2.14. The number of morpholine rings is 1. The van der Waals surface area contributed by atoms with E-state index in [-0.39, 0.29) is 5.54 Å². The summed E-state index contributed by atoms with van der Waals surface area (Å²) in [7, 11) is 1.85. The fourth-order valence-corrected chi connectivity index (χ4v) is 3.17. The number of nitrogens with one attached hydrogen (secondary N) is 1. The first-order valence-electron chi connectivity index (χ1n) is 6.40. The molecule has 0 amide bonds. The maximum absolute atomic E-state index is 5.59. The van der Waals surface area contributed by atoms with E-state index >= 15 is 0 Å². The molecular formula is C13H18N4OS. The second-order valence-electron chi connectivity index (χ2n) is 5.28. The molecule has 102 valence electrons. The molecule has 2 aromatic rings. The van der Waals surface area contributed by atoms with Gasteiger partial charge in [0.25, 0.3) is 0 Å². The molecule has 0 saturated carbocycles. The van der Waals surface area contributed by atoms with Gasteiger partial charge in [0.2, 0.25) is 5.95 Å². The highest BCUT2D eigenvalue weighted by molar-refractivity contribution is 7.16. The van der Waals surface area contributed by atoms with Crippen LogP contribution in [0.2, 0.25) is 0 Å². The van der Waals surface area contributed by atoms with Crippen molar-refractivity contribution in [3.8, 4) is 0 Å². The normalized spacial score (nSPS) is 18.8. The molecule has 0 unspecified atom stereocenters. The minimum atomic E-state index is -0.0491. The van der Waals surface area contributed by atoms with Crippen LogP contribution < -0.4 is 10.2 Å². The molecule has 0 atom stereocenters. The zero-order valence-corrected chi connectivity index (χ0v) is 12.3. The Hall–Kier alpha value is -1.40. The van der Waals surface area contributed by atoms with E-state index in [9.17, 15) is 0 Å². The maximum Gasteiger partial charge on any atom is 0.225 e. The lowest BCUT2D eigenvalue weighted by molar-refractivity contribution is 0.0641. The molecule has 0 spiro atoms. The van der Waals surface area contributed by atoms with Crippen LogP contribution in [-0.2, 0) is 4.74 Å². The summed E-state index contributed by atoms with van der Waals surface area (Å²) in [6, 6.07) is 2.10. The third-order valence-electron chi connectivity index (χ3n) is 3.43. The smallest absolute Gasteiger partial charge is 0.225 e. The molecule has 6 heteroatoms. The number of fused-ring (bicyclic) bond motifs is 1. The second-order valence-corrected chi connectivity index (χ2v) is 6.17. The van der Waals surface area contributed by atoms with Crippen molar-refractivity contribution in [1.29, 1.82) is 0 Å². The van der Waals surface area contributed by atoms with Gasteiger partial charge < -0.3 is 15.0 Å². The molecule has 3 heterocycles. The van der Waals surface area contributed by atoms with Gasteiger partial charge in [-0.05, 0) is 25.3 Å². The Labute approximate surface area is 116 Å². The average molecular weight is 278 g/mol. The van der Waals surface area contributed by atoms with E-state index in [2.05, 4.69) is 45.5 Å². The number of hydrogen-bond acceptors (Lipinski definition) is 6. The SMILES string of the molecule is CNc1nc(N2CCOCC2(C)C)c2ccsc2n1. The van der Waals surface area contributed by atoms with E-state index in [0.29, 0.717) is 5.95 Å². The zero-order chi connectivity index (χ0) is 13.5. The van der Waals surface area contributed by atoms with Crippen molar-refractivity contribution in [3.05, 3.63) is 11.4 Å². The monoisotopic (exact) mass is 278 g/mol. The minimum Gasteiger partial charge on any atom is -0.377 e. The van der Waals surface area contributed by atoms with Crippen LogP contribution >= 0.6 is 11.3 Å². The largest absolute Gasteiger partial charge is 0.377 e. The molecule has 1 aliphatic rings. The second kappa shape index (κ2) is 4.61. The number of anilines is 2. The van der Waals surface area contributed by atoms with E-state index in [1.165, 1.54) is 0 Å². The molecule has 1 aliphatic heterocycles. The molecule has 19 heavy (non-hydrogen) atoms. The van der Waals surface area contributed by atoms with Gasteiger partial charge in [-0.15, -0.1) is 11.3 Å². The summed E-state index contributed by atoms with van der Waals surface area (Å²) in [6.45, 7) is 6.70. The molecule has 3 rings (SSSR count). The van der Waals surface area contributed by atoms with Crippen molar-refractivity contribution >= 4 is 33.3 Å². The Morgan fingerprint density at radius 2 is 2.26 bits per heavy atom. The van der Waals surface area contributed by atoms with Gasteiger partial charge in [-0.2, -0.15) is 4.98 Å². The topological polar surface area (TPSA) is 50.3 Å². The Kier molecular flexibility index (Phi) is 3.06. The van der Waals surface area contributed by atoms with Gasteiger partial charge in [-0.3, -0.25) is 0 Å². The van der Waals surface area contributed by atoms with Crippen molar-refractivity contribution in [1.82, 2.24) is 9.97 Å². The van der Waals surface area contributed by atoms with E-state index < -0.39 is 0 Å². The standard InChI is InChI=1S/C13H18N4OS/c1-13(2)8-18-6-5-17(13)10-9-4-7-19-11(9)16-12(14-3)15-10/h4,7H,5-6,8H2,1-3H3,(H,14,15,16). The number of hydrogen-bond donors (Lipinski definition) is 1. The minimum absolute atomic E-state index is 0.0491. The van der Waals surface area contributed by atoms with Crippen LogP contribution in [0, 0.1) is 0 Å². The van der Waals surface area contributed by atoms with Crippen LogP contribution in [0.4, 0.5) is 11.8 Å². The van der Waals surface area contributed by atoms with Crippen molar-refractivity contribution in [3.63, 3.8) is 0 Å². The van der Waals surface area contributed by atoms with Crippen LogP contribution in [0.5, 0.6) is 0 Å². The highest BCUT2D eigenvalue weighted by Gasteiger charge is 2.33. The molecule has 0 radical (unpaired) electrons. The van der Waals surface area contributed by atoms with Gasteiger partial charge in [0.15, 0.2) is 0 Å². The summed E-state index contributed by atoms with van der Waals surface area (Å²) in [4.78, 5) is 12.5. The fourth-order valence-electron chi connectivity index (χ4n) is 2.41. The molecule has 5 nitrogen and oxygen atoms in total. The first-order chi connectivity index (χ1) is 9.12. The molecular weight excluding hydrogens is 260 g/mol. The predicted molar refractivity (Wildman–Crippen MR) is 79.2 cm³/mol. The van der Waals surface area contributed by atoms with Crippen LogP contribution in [0.3, 0.4) is 0 Å². The van der Waals surface area contributed by atoms with Gasteiger partial charge in [0, 0.05) is 13.6 Å². The molecule has 0 bridgehead atoms. The van der Waals surface area contributed by atoms with E-state index in [1.807, 2.05) is 7.05 Å². The quantitative estimate of drug-likeness (QED) is 0.914. The number of nitrogens with zero attached hydrogens (tertiary/aromatic N) is 3. The fraction of sp³-hybridized carbons (Fsp3) is 0.538. The molecule has 1 N–H and O–H groups in total. The zero-order valence-electron chi connectivity index (χ0n) is 11.4. The Morgan fingerprint density at radius 3 is 3.00 bits per heavy atom. The third-order valence-corrected chi connectivity index (χ3v) is 4.24. The Bertz CT molecular complexity index is 595. The maximum atomic E-state index is 5.59. The van der Waals surface area contributed by atoms with Gasteiger partial charge in [0.05, 0.1) is 24.1 Å². The summed E-state index contributed by atoms with van der Waals surface area (Å²) in [6.07, 6.45) is 0. The number of ether oxygens (including phenoxy) is 1. The summed E-state index contributed by atoms with van der Waals surface area (Å²) < 4.78 is 5.59. The van der Waals surface area contributed by atoms with Crippen LogP contribution in [0.25, 0.3) is 10.2 Å². The van der Waals surface area contributed by atoms with Crippen molar-refractivity contribution in [2.45, 2.75) is 19.4 Å². The van der Waals surface area contributed by atoms with Crippen molar-refractivity contribution in [2.75, 3.05) is 37.0 Å². The van der Waals surface area contributed by atoms with Crippen molar-refractivity contribution in [2.24, 2.45) is 0 Å². The van der Waals surface area contributed by atoms with Gasteiger partial charge >= 0.3 is 0 Å².